The second-order valence-electron chi connectivity index (χ2n) is 5.21. The van der Waals surface area contributed by atoms with Crippen molar-refractivity contribution in [2.45, 2.75) is 24.8 Å². The van der Waals surface area contributed by atoms with Gasteiger partial charge in [0.1, 0.15) is 12.4 Å². The summed E-state index contributed by atoms with van der Waals surface area (Å²) in [7, 11) is 1.87. The summed E-state index contributed by atoms with van der Waals surface area (Å²) in [5, 5.41) is 21.9. The van der Waals surface area contributed by atoms with E-state index in [1.807, 2.05) is 31.3 Å². The molecule has 0 bridgehead atoms. The molecule has 19 heavy (non-hydrogen) atoms. The quantitative estimate of drug-likeness (QED) is 0.655. The Kier molecular flexibility index (Phi) is 4.80. The van der Waals surface area contributed by atoms with Crippen molar-refractivity contribution in [2.75, 3.05) is 26.9 Å². The lowest BCUT2D eigenvalue weighted by atomic mass is 9.95. The normalized spacial score (nSPS) is 18.1. The van der Waals surface area contributed by atoms with Crippen molar-refractivity contribution in [2.24, 2.45) is 5.92 Å². The van der Waals surface area contributed by atoms with Crippen LogP contribution in [0.1, 0.15) is 18.4 Å². The van der Waals surface area contributed by atoms with E-state index in [0.717, 1.165) is 24.2 Å². The lowest BCUT2D eigenvalue weighted by Gasteiger charge is -2.32. The molecule has 1 saturated carbocycles. The number of para-hydroxylation sites is 1. The van der Waals surface area contributed by atoms with Crippen LogP contribution in [0.2, 0.25) is 0 Å². The van der Waals surface area contributed by atoms with Crippen LogP contribution in [0.4, 0.5) is 0 Å². The smallest absolute Gasteiger partial charge is 0.122 e. The van der Waals surface area contributed by atoms with Gasteiger partial charge in [-0.05, 0) is 43.9 Å². The molecule has 1 aromatic carbocycles. The monoisotopic (exact) mass is 265 g/mol. The summed E-state index contributed by atoms with van der Waals surface area (Å²) < 4.78 is 5.90. The van der Waals surface area contributed by atoms with E-state index < -0.39 is 0 Å². The lowest BCUT2D eigenvalue weighted by Crippen LogP contribution is -2.53. The Morgan fingerprint density at radius 2 is 2.05 bits per heavy atom. The molecule has 0 spiro atoms. The van der Waals surface area contributed by atoms with Crippen LogP contribution >= 0.6 is 0 Å². The molecule has 1 aromatic rings. The summed E-state index contributed by atoms with van der Waals surface area (Å²) in [5.41, 5.74) is 0.663. The Morgan fingerprint density at radius 3 is 2.63 bits per heavy atom. The zero-order valence-corrected chi connectivity index (χ0v) is 11.4. The van der Waals surface area contributed by atoms with Crippen molar-refractivity contribution in [1.29, 1.82) is 0 Å². The average molecular weight is 265 g/mol. The maximum atomic E-state index is 9.66. The van der Waals surface area contributed by atoms with Crippen molar-refractivity contribution in [1.82, 2.24) is 5.32 Å². The highest BCUT2D eigenvalue weighted by Crippen LogP contribution is 2.39. The fraction of sp³-hybridized carbons (Fsp3) is 0.600. The van der Waals surface area contributed by atoms with Gasteiger partial charge in [0.25, 0.3) is 0 Å². The Bertz CT molecular complexity index is 400. The minimum atomic E-state index is -0.341. The summed E-state index contributed by atoms with van der Waals surface area (Å²) in [6.45, 7) is 0.642. The largest absolute Gasteiger partial charge is 0.491 e. The lowest BCUT2D eigenvalue weighted by molar-refractivity contribution is 0.0909. The first-order chi connectivity index (χ1) is 9.25. The van der Waals surface area contributed by atoms with Gasteiger partial charge >= 0.3 is 0 Å². The molecule has 0 heterocycles. The SMILES string of the molecule is CNC(CO)(COc1ccccc1CCO)C1CC1. The van der Waals surface area contributed by atoms with Crippen LogP contribution in [0, 0.1) is 5.92 Å². The summed E-state index contributed by atoms with van der Waals surface area (Å²) in [4.78, 5) is 0. The average Bonchev–Trinajstić information content (AvgIpc) is 3.28. The van der Waals surface area contributed by atoms with E-state index in [1.165, 1.54) is 0 Å². The van der Waals surface area contributed by atoms with Crippen LogP contribution in [0.25, 0.3) is 0 Å². The minimum absolute atomic E-state index is 0.0797. The fourth-order valence-electron chi connectivity index (χ4n) is 2.46. The number of aliphatic hydroxyl groups is 2. The molecule has 0 aromatic heterocycles. The summed E-state index contributed by atoms with van der Waals surface area (Å²) in [6.07, 6.45) is 2.87. The first-order valence-electron chi connectivity index (χ1n) is 6.87. The van der Waals surface area contributed by atoms with E-state index in [2.05, 4.69) is 5.32 Å². The van der Waals surface area contributed by atoms with Gasteiger partial charge in [-0.3, -0.25) is 0 Å². The molecule has 4 nitrogen and oxygen atoms in total. The van der Waals surface area contributed by atoms with Gasteiger partial charge < -0.3 is 20.3 Å². The second-order valence-corrected chi connectivity index (χ2v) is 5.21. The van der Waals surface area contributed by atoms with Crippen LogP contribution in [0.3, 0.4) is 0 Å². The summed E-state index contributed by atoms with van der Waals surface area (Å²) in [6, 6.07) is 7.74. The van der Waals surface area contributed by atoms with Crippen molar-refractivity contribution in [3.63, 3.8) is 0 Å². The Labute approximate surface area is 114 Å². The molecule has 1 aliphatic carbocycles. The molecule has 106 valence electrons. The van der Waals surface area contributed by atoms with Gasteiger partial charge in [0.15, 0.2) is 0 Å². The predicted octanol–water partition coefficient (Wildman–Crippen LogP) is 0.961. The molecule has 0 saturated heterocycles. The number of rotatable bonds is 8. The third kappa shape index (κ3) is 3.26. The van der Waals surface area contributed by atoms with Crippen LogP contribution in [-0.4, -0.2) is 42.6 Å². The number of ether oxygens (including phenoxy) is 1. The Morgan fingerprint density at radius 1 is 1.32 bits per heavy atom. The number of benzene rings is 1. The third-order valence-corrected chi connectivity index (χ3v) is 3.98. The Balaban J connectivity index is 2.04. The summed E-state index contributed by atoms with van der Waals surface area (Å²) >= 11 is 0. The number of hydrogen-bond acceptors (Lipinski definition) is 4. The van der Waals surface area contributed by atoms with E-state index in [-0.39, 0.29) is 18.8 Å². The molecule has 2 rings (SSSR count). The molecule has 0 amide bonds. The van der Waals surface area contributed by atoms with E-state index in [4.69, 9.17) is 9.84 Å². The van der Waals surface area contributed by atoms with Gasteiger partial charge in [-0.25, -0.2) is 0 Å². The number of hydrogen-bond donors (Lipinski definition) is 3. The fourth-order valence-corrected chi connectivity index (χ4v) is 2.46. The van der Waals surface area contributed by atoms with Crippen LogP contribution in [-0.2, 0) is 6.42 Å². The van der Waals surface area contributed by atoms with Crippen molar-refractivity contribution in [3.8, 4) is 5.75 Å². The molecule has 0 radical (unpaired) electrons. The van der Waals surface area contributed by atoms with Gasteiger partial charge in [0, 0.05) is 6.61 Å². The number of nitrogens with one attached hydrogen (secondary N) is 1. The summed E-state index contributed by atoms with van der Waals surface area (Å²) in [5.74, 6) is 1.29. The van der Waals surface area contributed by atoms with Crippen LogP contribution in [0.15, 0.2) is 24.3 Å². The van der Waals surface area contributed by atoms with Crippen LogP contribution in [0.5, 0.6) is 5.75 Å². The first-order valence-corrected chi connectivity index (χ1v) is 6.87. The molecule has 4 heteroatoms. The van der Waals surface area contributed by atoms with E-state index >= 15 is 0 Å². The van der Waals surface area contributed by atoms with Crippen molar-refractivity contribution >= 4 is 0 Å². The minimum Gasteiger partial charge on any atom is -0.491 e. The molecular formula is C15H23NO3. The van der Waals surface area contributed by atoms with Crippen molar-refractivity contribution < 1.29 is 14.9 Å². The Hall–Kier alpha value is -1.10. The highest BCUT2D eigenvalue weighted by molar-refractivity contribution is 5.33. The molecular weight excluding hydrogens is 242 g/mol. The van der Waals surface area contributed by atoms with Gasteiger partial charge in [-0.15, -0.1) is 0 Å². The van der Waals surface area contributed by atoms with E-state index in [0.29, 0.717) is 18.9 Å². The second kappa shape index (κ2) is 6.37. The van der Waals surface area contributed by atoms with Crippen LogP contribution < -0.4 is 10.1 Å². The molecule has 3 N–H and O–H groups in total. The van der Waals surface area contributed by atoms with Gasteiger partial charge in [0.05, 0.1) is 12.1 Å². The molecule has 0 aliphatic heterocycles. The zero-order valence-electron chi connectivity index (χ0n) is 11.4. The van der Waals surface area contributed by atoms with E-state index in [9.17, 15) is 5.11 Å². The van der Waals surface area contributed by atoms with E-state index in [1.54, 1.807) is 0 Å². The molecule has 1 unspecified atom stereocenters. The van der Waals surface area contributed by atoms with Gasteiger partial charge in [-0.2, -0.15) is 0 Å². The highest BCUT2D eigenvalue weighted by Gasteiger charge is 2.44. The maximum absolute atomic E-state index is 9.66. The topological polar surface area (TPSA) is 61.7 Å². The zero-order chi connectivity index (χ0) is 13.7. The molecule has 1 atom stereocenters. The third-order valence-electron chi connectivity index (χ3n) is 3.98. The predicted molar refractivity (Wildman–Crippen MR) is 74.3 cm³/mol. The first kappa shape index (κ1) is 14.3. The van der Waals surface area contributed by atoms with Gasteiger partial charge in [0.2, 0.25) is 0 Å². The van der Waals surface area contributed by atoms with Crippen molar-refractivity contribution in [3.05, 3.63) is 29.8 Å². The van der Waals surface area contributed by atoms with Gasteiger partial charge in [-0.1, -0.05) is 18.2 Å². The standard InChI is InChI=1S/C15H23NO3/c1-16-15(10-18,13-6-7-13)11-19-14-5-3-2-4-12(14)8-9-17/h2-5,13,16-18H,6-11H2,1H3. The molecule has 1 fully saturated rings. The molecule has 1 aliphatic rings. The highest BCUT2D eigenvalue weighted by atomic mass is 16.5. The maximum Gasteiger partial charge on any atom is 0.122 e. The number of aliphatic hydroxyl groups excluding tert-OH is 2. The number of likely N-dealkylation sites (N-methyl/N-ethyl adjacent to an activating group) is 1.